The van der Waals surface area contributed by atoms with Crippen molar-refractivity contribution in [1.82, 2.24) is 19.4 Å². The highest BCUT2D eigenvalue weighted by atomic mass is 32.1. The van der Waals surface area contributed by atoms with Crippen LogP contribution in [0, 0.1) is 0 Å². The number of rotatable bonds is 4. The van der Waals surface area contributed by atoms with Gasteiger partial charge in [-0.3, -0.25) is 0 Å². The lowest BCUT2D eigenvalue weighted by Crippen LogP contribution is -2.00. The molecule has 11 rings (SSSR count). The van der Waals surface area contributed by atoms with Gasteiger partial charge in [-0.05, 0) is 35.4 Å². The highest BCUT2D eigenvalue weighted by molar-refractivity contribution is 7.26. The average molecular weight is 655 g/mol. The minimum Gasteiger partial charge on any atom is -0.307 e. The molecule has 0 saturated heterocycles. The molecule has 4 nitrogen and oxygen atoms in total. The maximum atomic E-state index is 4.98. The molecule has 0 spiro atoms. The molecule has 11 aromatic rings. The van der Waals surface area contributed by atoms with E-state index in [1.807, 2.05) is 72.0 Å². The molecule has 0 amide bonds. The monoisotopic (exact) mass is 654 g/mol. The molecule has 0 unspecified atom stereocenters. The summed E-state index contributed by atoms with van der Waals surface area (Å²) in [5.74, 6) is 1.98. The Morgan fingerprint density at radius 1 is 0.360 bits per heavy atom. The molecule has 0 saturated carbocycles. The van der Waals surface area contributed by atoms with Gasteiger partial charge >= 0.3 is 0 Å². The van der Waals surface area contributed by atoms with Crippen molar-refractivity contribution in [3.8, 4) is 45.3 Å². The van der Waals surface area contributed by atoms with E-state index in [0.29, 0.717) is 17.5 Å². The zero-order valence-corrected chi connectivity index (χ0v) is 27.5. The smallest absolute Gasteiger partial charge is 0.164 e. The first-order valence-electron chi connectivity index (χ1n) is 16.8. The highest BCUT2D eigenvalue weighted by Gasteiger charge is 2.20. The first kappa shape index (κ1) is 27.5. The molecule has 0 atom stereocenters. The van der Waals surface area contributed by atoms with Crippen LogP contribution in [0.25, 0.3) is 104 Å². The number of fused-ring (bicyclic) bond motifs is 10. The van der Waals surface area contributed by atoms with E-state index in [1.165, 1.54) is 58.3 Å². The first-order valence-corrected chi connectivity index (χ1v) is 17.6. The third kappa shape index (κ3) is 4.01. The van der Waals surface area contributed by atoms with Crippen LogP contribution in [0.15, 0.2) is 158 Å². The van der Waals surface area contributed by atoms with Crippen molar-refractivity contribution in [2.75, 3.05) is 0 Å². The van der Waals surface area contributed by atoms with E-state index in [2.05, 4.69) is 101 Å². The minimum absolute atomic E-state index is 0.655. The summed E-state index contributed by atoms with van der Waals surface area (Å²) in [6.07, 6.45) is 0. The van der Waals surface area contributed by atoms with Gasteiger partial charge in [0.05, 0.1) is 21.3 Å². The van der Waals surface area contributed by atoms with Crippen LogP contribution >= 0.6 is 11.3 Å². The summed E-state index contributed by atoms with van der Waals surface area (Å²) in [5.41, 5.74) is 9.04. The summed E-state index contributed by atoms with van der Waals surface area (Å²) in [5, 5.41) is 7.81. The Balaban J connectivity index is 1.08. The van der Waals surface area contributed by atoms with Crippen LogP contribution in [0.4, 0.5) is 0 Å². The maximum Gasteiger partial charge on any atom is 0.164 e. The molecule has 0 N–H and O–H groups in total. The van der Waals surface area contributed by atoms with Crippen LogP contribution < -0.4 is 0 Å². The second kappa shape index (κ2) is 10.5. The number of hydrogen-bond acceptors (Lipinski definition) is 4. The van der Waals surface area contributed by atoms with Gasteiger partial charge in [-0.2, -0.15) is 0 Å². The number of para-hydroxylation sites is 2. The third-order valence-corrected chi connectivity index (χ3v) is 11.2. The van der Waals surface area contributed by atoms with Gasteiger partial charge in [-0.15, -0.1) is 11.3 Å². The summed E-state index contributed by atoms with van der Waals surface area (Å²) in [7, 11) is 0. The van der Waals surface area contributed by atoms with Gasteiger partial charge in [0, 0.05) is 53.7 Å². The van der Waals surface area contributed by atoms with E-state index in [0.717, 1.165) is 27.8 Å². The van der Waals surface area contributed by atoms with Crippen molar-refractivity contribution < 1.29 is 0 Å². The van der Waals surface area contributed by atoms with Crippen LogP contribution in [-0.2, 0) is 0 Å². The average Bonchev–Trinajstić information content (AvgIpc) is 3.85. The number of benzene rings is 7. The van der Waals surface area contributed by atoms with Crippen LogP contribution in [0.5, 0.6) is 0 Å². The highest BCUT2D eigenvalue weighted by Crippen LogP contribution is 2.46. The van der Waals surface area contributed by atoms with Crippen LogP contribution in [0.2, 0.25) is 0 Å². The Kier molecular flexibility index (Phi) is 5.80. The number of hydrogen-bond donors (Lipinski definition) is 0. The summed E-state index contributed by atoms with van der Waals surface area (Å²) in [6, 6.07) is 55.8. The Bertz CT molecular complexity index is 3030. The zero-order chi connectivity index (χ0) is 32.8. The van der Waals surface area contributed by atoms with Crippen molar-refractivity contribution >= 4 is 69.6 Å². The third-order valence-electron chi connectivity index (χ3n) is 9.98. The van der Waals surface area contributed by atoms with Gasteiger partial charge in [-0.25, -0.2) is 15.0 Å². The summed E-state index contributed by atoms with van der Waals surface area (Å²) >= 11 is 1.89. The molecule has 7 aromatic carbocycles. The van der Waals surface area contributed by atoms with Gasteiger partial charge in [-0.1, -0.05) is 133 Å². The van der Waals surface area contributed by atoms with Gasteiger partial charge < -0.3 is 4.40 Å². The number of thiophene rings is 1. The molecule has 0 fully saturated rings. The van der Waals surface area contributed by atoms with Gasteiger partial charge in [0.1, 0.15) is 0 Å². The molecule has 5 heteroatoms. The lowest BCUT2D eigenvalue weighted by molar-refractivity contribution is 1.07. The number of nitrogens with zero attached hydrogens (tertiary/aromatic N) is 4. The van der Waals surface area contributed by atoms with Gasteiger partial charge in [0.15, 0.2) is 17.5 Å². The standard InChI is InChI=1S/C45H26N4S/c1-3-11-27(12-4-1)43-46-44(28-13-5-2-6-14-28)48-45(47-43)31-16-9-15-29(25-31)30-21-24-39-37(26-30)36-23-22-35-34-19-10-18-33-32-17-7-8-20-38(32)49(40(33)34)41(35)42(36)50-39/h1-26H. The predicted octanol–water partition coefficient (Wildman–Crippen LogP) is 12.1. The molecule has 0 bridgehead atoms. The lowest BCUT2D eigenvalue weighted by Gasteiger charge is -2.10. The molecule has 0 aliphatic carbocycles. The zero-order valence-electron chi connectivity index (χ0n) is 26.7. The molecule has 4 heterocycles. The Labute approximate surface area is 290 Å². The second-order valence-corrected chi connectivity index (χ2v) is 13.9. The Hall–Kier alpha value is -6.43. The fraction of sp³-hybridized carbons (Fsp3) is 0. The van der Waals surface area contributed by atoms with E-state index in [1.54, 1.807) is 0 Å². The van der Waals surface area contributed by atoms with E-state index in [4.69, 9.17) is 15.0 Å². The Morgan fingerprint density at radius 3 is 1.66 bits per heavy atom. The summed E-state index contributed by atoms with van der Waals surface area (Å²) < 4.78 is 5.11. The molecule has 0 aliphatic heterocycles. The van der Waals surface area contributed by atoms with Crippen molar-refractivity contribution in [1.29, 1.82) is 0 Å². The molecule has 50 heavy (non-hydrogen) atoms. The van der Waals surface area contributed by atoms with Crippen molar-refractivity contribution in [3.05, 3.63) is 158 Å². The van der Waals surface area contributed by atoms with Crippen LogP contribution in [-0.4, -0.2) is 19.4 Å². The molecule has 232 valence electrons. The molecular weight excluding hydrogens is 629 g/mol. The van der Waals surface area contributed by atoms with E-state index < -0.39 is 0 Å². The summed E-state index contributed by atoms with van der Waals surface area (Å²) in [4.78, 5) is 14.8. The SMILES string of the molecule is c1ccc(-c2nc(-c3ccccc3)nc(-c3cccc(-c4ccc5sc6c(ccc7c8cccc9c%10ccccc%10n(c98)c76)c5c4)c3)n2)cc1. The molecular formula is C45H26N4S. The molecule has 4 aromatic heterocycles. The minimum atomic E-state index is 0.655. The van der Waals surface area contributed by atoms with E-state index in [9.17, 15) is 0 Å². The van der Waals surface area contributed by atoms with Gasteiger partial charge in [0.2, 0.25) is 0 Å². The number of aromatic nitrogens is 4. The maximum absolute atomic E-state index is 4.98. The van der Waals surface area contributed by atoms with E-state index >= 15 is 0 Å². The quantitative estimate of drug-likeness (QED) is 0.190. The van der Waals surface area contributed by atoms with Crippen molar-refractivity contribution in [3.63, 3.8) is 0 Å². The second-order valence-electron chi connectivity index (χ2n) is 12.8. The van der Waals surface area contributed by atoms with Crippen LogP contribution in [0.3, 0.4) is 0 Å². The first-order chi connectivity index (χ1) is 24.8. The largest absolute Gasteiger partial charge is 0.307 e. The van der Waals surface area contributed by atoms with Crippen molar-refractivity contribution in [2.24, 2.45) is 0 Å². The van der Waals surface area contributed by atoms with Crippen LogP contribution in [0.1, 0.15) is 0 Å². The fourth-order valence-corrected chi connectivity index (χ4v) is 8.91. The van der Waals surface area contributed by atoms with Crippen molar-refractivity contribution in [2.45, 2.75) is 0 Å². The van der Waals surface area contributed by atoms with E-state index in [-0.39, 0.29) is 0 Å². The molecule has 0 radical (unpaired) electrons. The molecule has 0 aliphatic rings. The lowest BCUT2D eigenvalue weighted by atomic mass is 10.00. The topological polar surface area (TPSA) is 43.1 Å². The van der Waals surface area contributed by atoms with Gasteiger partial charge in [0.25, 0.3) is 0 Å². The Morgan fingerprint density at radius 2 is 0.900 bits per heavy atom. The fourth-order valence-electron chi connectivity index (χ4n) is 7.69. The predicted molar refractivity (Wildman–Crippen MR) is 209 cm³/mol. The normalized spacial score (nSPS) is 12.0. The summed E-state index contributed by atoms with van der Waals surface area (Å²) in [6.45, 7) is 0.